The summed E-state index contributed by atoms with van der Waals surface area (Å²) in [5.41, 5.74) is 0.574. The lowest BCUT2D eigenvalue weighted by atomic mass is 10.3. The molecule has 0 saturated heterocycles. The molecule has 0 amide bonds. The lowest BCUT2D eigenvalue weighted by molar-refractivity contribution is 0.190. The molecule has 2 aromatic rings. The summed E-state index contributed by atoms with van der Waals surface area (Å²) in [6, 6.07) is 2.00. The van der Waals surface area contributed by atoms with Crippen LogP contribution < -0.4 is 5.32 Å². The Morgan fingerprint density at radius 2 is 2.00 bits per heavy atom. The Kier molecular flexibility index (Phi) is 4.85. The van der Waals surface area contributed by atoms with Crippen LogP contribution in [0.15, 0.2) is 18.3 Å². The molecule has 0 unspecified atom stereocenters. The van der Waals surface area contributed by atoms with E-state index in [2.05, 4.69) is 10.3 Å². The first kappa shape index (κ1) is 15.4. The minimum atomic E-state index is -1.51. The van der Waals surface area contributed by atoms with Crippen molar-refractivity contribution in [1.82, 2.24) is 9.55 Å². The van der Waals surface area contributed by atoms with Gasteiger partial charge in [0, 0.05) is 26.5 Å². The van der Waals surface area contributed by atoms with Crippen molar-refractivity contribution in [2.75, 3.05) is 19.0 Å². The highest BCUT2D eigenvalue weighted by Gasteiger charge is 2.15. The number of methoxy groups -OCH3 is 1. The summed E-state index contributed by atoms with van der Waals surface area (Å²) in [7, 11) is 1.61. The second kappa shape index (κ2) is 6.62. The monoisotopic (exact) mass is 299 g/mol. The van der Waals surface area contributed by atoms with Crippen molar-refractivity contribution >= 4 is 11.6 Å². The molecule has 1 heterocycles. The van der Waals surface area contributed by atoms with Gasteiger partial charge in [0.15, 0.2) is 17.5 Å². The number of benzene rings is 1. The van der Waals surface area contributed by atoms with Crippen LogP contribution in [0.25, 0.3) is 0 Å². The minimum Gasteiger partial charge on any atom is -0.385 e. The summed E-state index contributed by atoms with van der Waals surface area (Å²) < 4.78 is 46.5. The third-order valence-electron chi connectivity index (χ3n) is 2.93. The van der Waals surface area contributed by atoms with Gasteiger partial charge in [0.1, 0.15) is 0 Å². The normalized spacial score (nSPS) is 10.9. The molecule has 0 bridgehead atoms. The summed E-state index contributed by atoms with van der Waals surface area (Å²) in [5, 5.41) is 2.69. The predicted octanol–water partition coefficient (Wildman–Crippen LogP) is 3.39. The molecule has 0 aliphatic carbocycles. The number of ether oxygens (including phenoxy) is 1. The number of aryl methyl sites for hydroxylation is 2. The van der Waals surface area contributed by atoms with Crippen LogP contribution in [0.2, 0.25) is 0 Å². The zero-order chi connectivity index (χ0) is 15.4. The maximum absolute atomic E-state index is 13.7. The Labute approximate surface area is 120 Å². The van der Waals surface area contributed by atoms with Gasteiger partial charge in [-0.15, -0.1) is 0 Å². The van der Waals surface area contributed by atoms with Gasteiger partial charge in [0.05, 0.1) is 11.4 Å². The molecule has 0 atom stereocenters. The van der Waals surface area contributed by atoms with E-state index in [0.717, 1.165) is 24.2 Å². The first-order chi connectivity index (χ1) is 10.0. The molecule has 4 nitrogen and oxygen atoms in total. The molecule has 0 aliphatic heterocycles. The molecule has 1 aromatic carbocycles. The van der Waals surface area contributed by atoms with Gasteiger partial charge in [-0.3, -0.25) is 0 Å². The van der Waals surface area contributed by atoms with Crippen LogP contribution in [0.5, 0.6) is 0 Å². The second-order valence-electron chi connectivity index (χ2n) is 4.59. The van der Waals surface area contributed by atoms with Gasteiger partial charge in [0.25, 0.3) is 0 Å². The van der Waals surface area contributed by atoms with Crippen molar-refractivity contribution in [2.45, 2.75) is 19.9 Å². The van der Waals surface area contributed by atoms with E-state index in [9.17, 15) is 13.2 Å². The van der Waals surface area contributed by atoms with Crippen molar-refractivity contribution in [3.63, 3.8) is 0 Å². The molecule has 2 rings (SSSR count). The van der Waals surface area contributed by atoms with Crippen molar-refractivity contribution in [3.8, 4) is 0 Å². The molecule has 0 aliphatic rings. The average Bonchev–Trinajstić information content (AvgIpc) is 2.80. The Hall–Kier alpha value is -2.02. The third-order valence-corrected chi connectivity index (χ3v) is 2.93. The molecule has 114 valence electrons. The largest absolute Gasteiger partial charge is 0.385 e. The number of hydrogen-bond acceptors (Lipinski definition) is 3. The number of nitrogens with zero attached hydrogens (tertiary/aromatic N) is 2. The molecular weight excluding hydrogens is 283 g/mol. The highest BCUT2D eigenvalue weighted by Crippen LogP contribution is 2.23. The van der Waals surface area contributed by atoms with Crippen LogP contribution in [-0.2, 0) is 11.3 Å². The molecule has 0 spiro atoms. The maximum Gasteiger partial charge on any atom is 0.207 e. The van der Waals surface area contributed by atoms with E-state index >= 15 is 0 Å². The molecular formula is C14H16F3N3O. The highest BCUT2D eigenvalue weighted by molar-refractivity contribution is 5.55. The molecule has 0 saturated carbocycles. The maximum atomic E-state index is 13.7. The fourth-order valence-corrected chi connectivity index (χ4v) is 1.94. The molecule has 0 radical (unpaired) electrons. The Morgan fingerprint density at radius 3 is 2.71 bits per heavy atom. The number of halogens is 3. The van der Waals surface area contributed by atoms with Crippen LogP contribution in [0.3, 0.4) is 0 Å². The smallest absolute Gasteiger partial charge is 0.207 e. The van der Waals surface area contributed by atoms with E-state index in [1.807, 2.05) is 0 Å². The molecule has 0 fully saturated rings. The van der Waals surface area contributed by atoms with Gasteiger partial charge in [-0.25, -0.2) is 18.2 Å². The SMILES string of the molecule is COCCCn1cc(C)nc1Nc1ccc(F)c(F)c1F. The van der Waals surface area contributed by atoms with E-state index in [-0.39, 0.29) is 5.69 Å². The summed E-state index contributed by atoms with van der Waals surface area (Å²) in [5.74, 6) is -3.63. The van der Waals surface area contributed by atoms with Crippen LogP contribution in [0.1, 0.15) is 12.1 Å². The summed E-state index contributed by atoms with van der Waals surface area (Å²) in [6.45, 7) is 2.98. The van der Waals surface area contributed by atoms with Gasteiger partial charge >= 0.3 is 0 Å². The summed E-state index contributed by atoms with van der Waals surface area (Å²) >= 11 is 0. The van der Waals surface area contributed by atoms with Gasteiger partial charge in [-0.05, 0) is 25.5 Å². The Balaban J connectivity index is 2.21. The quantitative estimate of drug-likeness (QED) is 0.656. The van der Waals surface area contributed by atoms with Crippen LogP contribution in [0, 0.1) is 24.4 Å². The third kappa shape index (κ3) is 3.55. The Bertz CT molecular complexity index is 628. The highest BCUT2D eigenvalue weighted by atomic mass is 19.2. The van der Waals surface area contributed by atoms with Gasteiger partial charge < -0.3 is 14.6 Å². The summed E-state index contributed by atoms with van der Waals surface area (Å²) in [4.78, 5) is 4.21. The van der Waals surface area contributed by atoms with Gasteiger partial charge in [-0.1, -0.05) is 0 Å². The number of rotatable bonds is 6. The van der Waals surface area contributed by atoms with Crippen molar-refractivity contribution in [1.29, 1.82) is 0 Å². The molecule has 1 aromatic heterocycles. The van der Waals surface area contributed by atoms with Gasteiger partial charge in [-0.2, -0.15) is 0 Å². The standard InChI is InChI=1S/C14H16F3N3O/c1-9-8-20(6-3-7-21-2)14(18-9)19-11-5-4-10(15)12(16)13(11)17/h4-5,8H,3,6-7H2,1-2H3,(H,18,19). The van der Waals surface area contributed by atoms with Crippen molar-refractivity contribution in [2.24, 2.45) is 0 Å². The van der Waals surface area contributed by atoms with Crippen molar-refractivity contribution in [3.05, 3.63) is 41.5 Å². The van der Waals surface area contributed by atoms with Crippen molar-refractivity contribution < 1.29 is 17.9 Å². The lowest BCUT2D eigenvalue weighted by Gasteiger charge is -2.10. The molecule has 7 heteroatoms. The minimum absolute atomic E-state index is 0.160. The second-order valence-corrected chi connectivity index (χ2v) is 4.59. The fourth-order valence-electron chi connectivity index (χ4n) is 1.94. The Morgan fingerprint density at radius 1 is 1.24 bits per heavy atom. The van der Waals surface area contributed by atoms with E-state index in [1.165, 1.54) is 0 Å². The number of hydrogen-bond donors (Lipinski definition) is 1. The van der Waals surface area contributed by atoms with Crippen LogP contribution >= 0.6 is 0 Å². The van der Waals surface area contributed by atoms with Gasteiger partial charge in [0.2, 0.25) is 5.95 Å². The van der Waals surface area contributed by atoms with E-state index in [1.54, 1.807) is 24.8 Å². The number of anilines is 2. The van der Waals surface area contributed by atoms with E-state index in [0.29, 0.717) is 19.1 Å². The first-order valence-electron chi connectivity index (χ1n) is 6.46. The lowest BCUT2D eigenvalue weighted by Crippen LogP contribution is -2.07. The zero-order valence-corrected chi connectivity index (χ0v) is 11.8. The topological polar surface area (TPSA) is 39.1 Å². The number of nitrogens with one attached hydrogen (secondary N) is 1. The number of aromatic nitrogens is 2. The average molecular weight is 299 g/mol. The zero-order valence-electron chi connectivity index (χ0n) is 11.8. The predicted molar refractivity (Wildman–Crippen MR) is 73.1 cm³/mol. The van der Waals surface area contributed by atoms with Crippen LogP contribution in [0.4, 0.5) is 24.8 Å². The van der Waals surface area contributed by atoms with E-state index in [4.69, 9.17) is 4.74 Å². The van der Waals surface area contributed by atoms with E-state index < -0.39 is 17.5 Å². The molecule has 1 N–H and O–H groups in total. The first-order valence-corrected chi connectivity index (χ1v) is 6.46. The number of imidazole rings is 1. The summed E-state index contributed by atoms with van der Waals surface area (Å²) in [6.07, 6.45) is 2.54. The fraction of sp³-hybridized carbons (Fsp3) is 0.357. The van der Waals surface area contributed by atoms with Crippen LogP contribution in [-0.4, -0.2) is 23.3 Å². The molecule has 21 heavy (non-hydrogen) atoms.